The first-order valence-corrected chi connectivity index (χ1v) is 10.9. The number of hydrogen-bond acceptors (Lipinski definition) is 6. The van der Waals surface area contributed by atoms with Gasteiger partial charge in [0.25, 0.3) is 0 Å². The van der Waals surface area contributed by atoms with Crippen molar-refractivity contribution in [1.82, 2.24) is 14.8 Å². The van der Waals surface area contributed by atoms with Crippen LogP contribution in [0.15, 0.2) is 47.9 Å². The Hall–Kier alpha value is -3.68. The number of benzene rings is 1. The molecule has 0 saturated heterocycles. The van der Waals surface area contributed by atoms with Crippen molar-refractivity contribution < 1.29 is 4.79 Å². The number of nitrogens with zero attached hydrogens (tertiary/aromatic N) is 6. The number of hydrogen-bond donors (Lipinski definition) is 1. The van der Waals surface area contributed by atoms with E-state index < -0.39 is 0 Å². The van der Waals surface area contributed by atoms with Gasteiger partial charge < -0.3 is 15.5 Å². The fourth-order valence-corrected chi connectivity index (χ4v) is 4.40. The maximum absolute atomic E-state index is 12.5. The van der Waals surface area contributed by atoms with Crippen LogP contribution in [-0.4, -0.2) is 45.5 Å². The minimum absolute atomic E-state index is 0.0134. The molecule has 164 valence electrons. The molecule has 1 aliphatic heterocycles. The van der Waals surface area contributed by atoms with Gasteiger partial charge in [-0.3, -0.25) is 19.5 Å². The largest absolute Gasteiger partial charge is 0.404 e. The molecule has 2 N–H and O–H groups in total. The van der Waals surface area contributed by atoms with Crippen LogP contribution >= 0.6 is 0 Å². The lowest BCUT2D eigenvalue weighted by Gasteiger charge is -2.41. The lowest BCUT2D eigenvalue weighted by molar-refractivity contribution is -0.117. The van der Waals surface area contributed by atoms with Crippen molar-refractivity contribution in [3.05, 3.63) is 48.4 Å². The lowest BCUT2D eigenvalue weighted by atomic mass is 10.0. The SMILES string of the molecule is CC(=O)N1c2ccc(C(C=NC3CC3)=CN)cc2N(c2nn(C)c3ccncc23)C[C@@H]1C. The van der Waals surface area contributed by atoms with Crippen LogP contribution in [0.25, 0.3) is 16.5 Å². The molecule has 1 saturated carbocycles. The lowest BCUT2D eigenvalue weighted by Crippen LogP contribution is -2.48. The Morgan fingerprint density at radius 3 is 2.78 bits per heavy atom. The molecular formula is C24H27N7O. The zero-order chi connectivity index (χ0) is 22.4. The summed E-state index contributed by atoms with van der Waals surface area (Å²) in [4.78, 5) is 25.5. The van der Waals surface area contributed by atoms with E-state index in [4.69, 9.17) is 10.8 Å². The van der Waals surface area contributed by atoms with Gasteiger partial charge in [0.15, 0.2) is 5.82 Å². The number of aliphatic imine (C=N–C) groups is 1. The van der Waals surface area contributed by atoms with Crippen molar-refractivity contribution >= 4 is 45.8 Å². The Bertz CT molecular complexity index is 1250. The van der Waals surface area contributed by atoms with Crippen LogP contribution in [-0.2, 0) is 11.8 Å². The number of carbonyl (C=O) groups excluding carboxylic acids is 1. The van der Waals surface area contributed by atoms with Gasteiger partial charge in [-0.1, -0.05) is 6.07 Å². The van der Waals surface area contributed by atoms with Gasteiger partial charge in [-0.15, -0.1) is 0 Å². The molecule has 32 heavy (non-hydrogen) atoms. The van der Waals surface area contributed by atoms with Crippen LogP contribution in [0.1, 0.15) is 32.3 Å². The molecule has 5 rings (SSSR count). The topological polar surface area (TPSA) is 92.6 Å². The molecule has 0 radical (unpaired) electrons. The highest BCUT2D eigenvalue weighted by atomic mass is 16.2. The number of carbonyl (C=O) groups is 1. The number of allylic oxidation sites excluding steroid dienone is 1. The van der Waals surface area contributed by atoms with Crippen molar-refractivity contribution in [3.8, 4) is 0 Å². The fourth-order valence-electron chi connectivity index (χ4n) is 4.40. The van der Waals surface area contributed by atoms with Gasteiger partial charge >= 0.3 is 0 Å². The standard InChI is InChI=1S/C24H27N7O/c1-15-14-30(24-20-13-26-9-8-21(20)29(3)28-24)23-10-17(4-7-22(23)31(15)16(2)32)18(11-25)12-27-19-5-6-19/h4,7-13,15,19H,5-6,14,25H2,1-3H3/t15-/m0/s1. The van der Waals surface area contributed by atoms with Crippen molar-refractivity contribution in [1.29, 1.82) is 0 Å². The van der Waals surface area contributed by atoms with Crippen LogP contribution in [0, 0.1) is 0 Å². The molecule has 0 spiro atoms. The average molecular weight is 430 g/mol. The first-order chi connectivity index (χ1) is 15.5. The molecule has 1 fully saturated rings. The molecule has 1 aliphatic carbocycles. The number of nitrogens with two attached hydrogens (primary N) is 1. The van der Waals surface area contributed by atoms with E-state index in [1.165, 1.54) is 0 Å². The molecule has 0 bridgehead atoms. The highest BCUT2D eigenvalue weighted by molar-refractivity contribution is 6.11. The number of fused-ring (bicyclic) bond motifs is 2. The van der Waals surface area contributed by atoms with Crippen LogP contribution in [0.4, 0.5) is 17.2 Å². The summed E-state index contributed by atoms with van der Waals surface area (Å²) in [6.07, 6.45) is 9.34. The van der Waals surface area contributed by atoms with E-state index in [-0.39, 0.29) is 11.9 Å². The molecule has 8 nitrogen and oxygen atoms in total. The molecule has 2 aliphatic rings. The van der Waals surface area contributed by atoms with Crippen molar-refractivity contribution in [2.45, 2.75) is 38.8 Å². The van der Waals surface area contributed by atoms with Gasteiger partial charge in [0.1, 0.15) is 0 Å². The summed E-state index contributed by atoms with van der Waals surface area (Å²) in [6, 6.07) is 8.43. The smallest absolute Gasteiger partial charge is 0.224 e. The van der Waals surface area contributed by atoms with Crippen LogP contribution in [0.2, 0.25) is 0 Å². The molecule has 0 unspecified atom stereocenters. The van der Waals surface area contributed by atoms with Crippen molar-refractivity contribution in [2.24, 2.45) is 17.8 Å². The second kappa shape index (κ2) is 7.78. The van der Waals surface area contributed by atoms with Gasteiger partial charge in [0.05, 0.1) is 34.4 Å². The first kappa shape index (κ1) is 20.2. The Morgan fingerprint density at radius 1 is 1.25 bits per heavy atom. The molecule has 3 heterocycles. The molecular weight excluding hydrogens is 402 g/mol. The highest BCUT2D eigenvalue weighted by Crippen LogP contribution is 2.42. The van der Waals surface area contributed by atoms with E-state index in [9.17, 15) is 4.79 Å². The normalized spacial score (nSPS) is 19.1. The summed E-state index contributed by atoms with van der Waals surface area (Å²) in [5.74, 6) is 0.845. The number of aryl methyl sites for hydroxylation is 1. The fraction of sp³-hybridized carbons (Fsp3) is 0.333. The number of pyridine rings is 1. The average Bonchev–Trinajstić information content (AvgIpc) is 3.55. The number of rotatable bonds is 4. The maximum Gasteiger partial charge on any atom is 0.224 e. The summed E-state index contributed by atoms with van der Waals surface area (Å²) in [6.45, 7) is 4.29. The predicted octanol–water partition coefficient (Wildman–Crippen LogP) is 3.39. The van der Waals surface area contributed by atoms with E-state index in [1.54, 1.807) is 19.3 Å². The van der Waals surface area contributed by atoms with Crippen LogP contribution in [0.5, 0.6) is 0 Å². The van der Waals surface area contributed by atoms with Gasteiger partial charge in [-0.05, 0) is 43.5 Å². The van der Waals surface area contributed by atoms with E-state index in [0.717, 1.165) is 52.1 Å². The molecule has 2 aromatic heterocycles. The zero-order valence-corrected chi connectivity index (χ0v) is 18.6. The Labute approximate surface area is 187 Å². The quantitative estimate of drug-likeness (QED) is 0.642. The summed E-state index contributed by atoms with van der Waals surface area (Å²) in [5, 5.41) is 5.78. The van der Waals surface area contributed by atoms with E-state index >= 15 is 0 Å². The minimum atomic E-state index is -0.0134. The van der Waals surface area contributed by atoms with Gasteiger partial charge in [-0.2, -0.15) is 5.10 Å². The van der Waals surface area contributed by atoms with E-state index in [0.29, 0.717) is 12.6 Å². The summed E-state index contributed by atoms with van der Waals surface area (Å²) in [7, 11) is 1.93. The molecule has 8 heteroatoms. The number of aromatic nitrogens is 3. The summed E-state index contributed by atoms with van der Waals surface area (Å²) < 4.78 is 1.87. The Morgan fingerprint density at radius 2 is 2.06 bits per heavy atom. The van der Waals surface area contributed by atoms with Gasteiger partial charge in [-0.25, -0.2) is 0 Å². The molecule has 1 aromatic carbocycles. The van der Waals surface area contributed by atoms with Crippen molar-refractivity contribution in [3.63, 3.8) is 0 Å². The molecule has 1 atom stereocenters. The Kier molecular flexibility index (Phi) is 4.92. The van der Waals surface area contributed by atoms with Crippen molar-refractivity contribution in [2.75, 3.05) is 16.3 Å². The van der Waals surface area contributed by atoms with Crippen LogP contribution in [0.3, 0.4) is 0 Å². The van der Waals surface area contributed by atoms with Gasteiger partial charge in [0.2, 0.25) is 5.91 Å². The first-order valence-electron chi connectivity index (χ1n) is 10.9. The third-order valence-corrected chi connectivity index (χ3v) is 6.12. The summed E-state index contributed by atoms with van der Waals surface area (Å²) >= 11 is 0. The van der Waals surface area contributed by atoms with E-state index in [2.05, 4.69) is 27.9 Å². The monoisotopic (exact) mass is 429 g/mol. The van der Waals surface area contributed by atoms with Gasteiger partial charge in [0, 0.05) is 50.9 Å². The third kappa shape index (κ3) is 3.41. The summed E-state index contributed by atoms with van der Waals surface area (Å²) in [5.41, 5.74) is 10.6. The second-order valence-electron chi connectivity index (χ2n) is 8.52. The van der Waals surface area contributed by atoms with Crippen LogP contribution < -0.4 is 15.5 Å². The maximum atomic E-state index is 12.5. The Balaban J connectivity index is 1.66. The number of anilines is 3. The second-order valence-corrected chi connectivity index (χ2v) is 8.52. The molecule has 3 aromatic rings. The zero-order valence-electron chi connectivity index (χ0n) is 18.6. The number of amides is 1. The highest BCUT2D eigenvalue weighted by Gasteiger charge is 2.33. The molecule has 1 amide bonds. The minimum Gasteiger partial charge on any atom is -0.404 e. The van der Waals surface area contributed by atoms with E-state index in [1.807, 2.05) is 47.2 Å². The third-order valence-electron chi connectivity index (χ3n) is 6.12. The predicted molar refractivity (Wildman–Crippen MR) is 128 cm³/mol.